The van der Waals surface area contributed by atoms with Crippen LogP contribution in [0.25, 0.3) is 0 Å². The summed E-state index contributed by atoms with van der Waals surface area (Å²) >= 11 is 0. The first kappa shape index (κ1) is 9.21. The van der Waals surface area contributed by atoms with E-state index in [1.807, 2.05) is 30.3 Å². The third kappa shape index (κ3) is 1.77. The third-order valence-electron chi connectivity index (χ3n) is 2.53. The highest BCUT2D eigenvalue weighted by Gasteiger charge is 2.27. The van der Waals surface area contributed by atoms with Crippen molar-refractivity contribution in [2.75, 3.05) is 0 Å². The van der Waals surface area contributed by atoms with E-state index in [1.54, 1.807) is 0 Å². The lowest BCUT2D eigenvalue weighted by Crippen LogP contribution is -2.41. The summed E-state index contributed by atoms with van der Waals surface area (Å²) in [5.74, 6) is 0.0177. The normalized spacial score (nSPS) is 27.1. The van der Waals surface area contributed by atoms with E-state index in [1.165, 1.54) is 0 Å². The van der Waals surface area contributed by atoms with Gasteiger partial charge in [-0.25, -0.2) is 0 Å². The van der Waals surface area contributed by atoms with Crippen molar-refractivity contribution in [2.24, 2.45) is 0 Å². The number of nitrogens with one attached hydrogen (secondary N) is 1. The van der Waals surface area contributed by atoms with Crippen LogP contribution in [0.15, 0.2) is 30.3 Å². The number of carbonyl (C=O) groups excluding carboxylic acids is 1. The predicted molar refractivity (Wildman–Crippen MR) is 52.6 cm³/mol. The van der Waals surface area contributed by atoms with Crippen molar-refractivity contribution in [1.82, 2.24) is 5.32 Å². The summed E-state index contributed by atoms with van der Waals surface area (Å²) in [5, 5.41) is 12.5. The average Bonchev–Trinajstić information content (AvgIpc) is 2.23. The Balaban J connectivity index is 2.20. The Morgan fingerprint density at radius 2 is 2.00 bits per heavy atom. The third-order valence-corrected chi connectivity index (χ3v) is 2.53. The van der Waals surface area contributed by atoms with Crippen molar-refractivity contribution >= 4 is 5.91 Å². The number of carbonyl (C=O) groups is 1. The van der Waals surface area contributed by atoms with E-state index in [-0.39, 0.29) is 11.9 Å². The highest BCUT2D eigenvalue weighted by molar-refractivity contribution is 5.77. The maximum Gasteiger partial charge on any atom is 0.220 e. The minimum atomic E-state index is -0.463. The van der Waals surface area contributed by atoms with Crippen LogP contribution >= 0.6 is 0 Å². The monoisotopic (exact) mass is 191 g/mol. The Morgan fingerprint density at radius 1 is 1.29 bits per heavy atom. The molecule has 1 fully saturated rings. The topological polar surface area (TPSA) is 49.3 Å². The zero-order valence-corrected chi connectivity index (χ0v) is 7.81. The molecule has 1 saturated heterocycles. The second-order valence-electron chi connectivity index (χ2n) is 3.56. The van der Waals surface area contributed by atoms with Gasteiger partial charge < -0.3 is 10.4 Å². The first-order valence-electron chi connectivity index (χ1n) is 4.80. The predicted octanol–water partition coefficient (Wildman–Crippen LogP) is 0.999. The van der Waals surface area contributed by atoms with E-state index in [2.05, 4.69) is 5.32 Å². The smallest absolute Gasteiger partial charge is 0.220 e. The van der Waals surface area contributed by atoms with E-state index in [0.717, 1.165) is 5.56 Å². The molecular formula is C11H13NO2. The average molecular weight is 191 g/mol. The van der Waals surface area contributed by atoms with Crippen LogP contribution in [0.5, 0.6) is 0 Å². The Kier molecular flexibility index (Phi) is 2.50. The van der Waals surface area contributed by atoms with Gasteiger partial charge in [0.15, 0.2) is 0 Å². The van der Waals surface area contributed by atoms with Gasteiger partial charge in [0.05, 0.1) is 12.1 Å². The molecule has 1 aliphatic rings. The number of hydrogen-bond donors (Lipinski definition) is 2. The molecule has 14 heavy (non-hydrogen) atoms. The number of rotatable bonds is 1. The van der Waals surface area contributed by atoms with Crippen molar-refractivity contribution in [1.29, 1.82) is 0 Å². The molecule has 0 saturated carbocycles. The van der Waals surface area contributed by atoms with Gasteiger partial charge in [-0.1, -0.05) is 30.3 Å². The number of piperidine rings is 1. The molecule has 0 bridgehead atoms. The minimum absolute atomic E-state index is 0.0177. The largest absolute Gasteiger partial charge is 0.391 e. The minimum Gasteiger partial charge on any atom is -0.391 e. The van der Waals surface area contributed by atoms with Gasteiger partial charge >= 0.3 is 0 Å². The van der Waals surface area contributed by atoms with Gasteiger partial charge in [0.25, 0.3) is 0 Å². The summed E-state index contributed by atoms with van der Waals surface area (Å²) in [4.78, 5) is 11.2. The number of hydrogen-bond acceptors (Lipinski definition) is 2. The maximum absolute atomic E-state index is 11.2. The number of amides is 1. The first-order valence-corrected chi connectivity index (χ1v) is 4.80. The van der Waals surface area contributed by atoms with Gasteiger partial charge in [-0.05, 0) is 12.0 Å². The van der Waals surface area contributed by atoms with Gasteiger partial charge in [-0.2, -0.15) is 0 Å². The van der Waals surface area contributed by atoms with Crippen LogP contribution < -0.4 is 5.32 Å². The molecule has 1 aliphatic heterocycles. The SMILES string of the molecule is O=C1CCC(O)[C@H](c2ccccc2)N1. The van der Waals surface area contributed by atoms with Crippen LogP contribution in [0.4, 0.5) is 0 Å². The van der Waals surface area contributed by atoms with Gasteiger partial charge in [0.2, 0.25) is 5.91 Å². The van der Waals surface area contributed by atoms with Crippen molar-refractivity contribution in [3.63, 3.8) is 0 Å². The Labute approximate surface area is 82.8 Å². The molecule has 1 unspecified atom stereocenters. The zero-order chi connectivity index (χ0) is 9.97. The summed E-state index contributed by atoms with van der Waals surface area (Å²) in [6.07, 6.45) is 0.505. The fourth-order valence-corrected chi connectivity index (χ4v) is 1.75. The molecule has 1 heterocycles. The highest BCUT2D eigenvalue weighted by atomic mass is 16.3. The lowest BCUT2D eigenvalue weighted by Gasteiger charge is -2.28. The lowest BCUT2D eigenvalue weighted by molar-refractivity contribution is -0.126. The summed E-state index contributed by atoms with van der Waals surface area (Å²) in [5.41, 5.74) is 0.966. The molecule has 2 rings (SSSR count). The van der Waals surface area contributed by atoms with Crippen molar-refractivity contribution < 1.29 is 9.90 Å². The van der Waals surface area contributed by atoms with Gasteiger partial charge in [-0.3, -0.25) is 4.79 Å². The molecule has 1 amide bonds. The van der Waals surface area contributed by atoms with Crippen LogP contribution in [0.3, 0.4) is 0 Å². The fraction of sp³-hybridized carbons (Fsp3) is 0.364. The number of aliphatic hydroxyl groups excluding tert-OH is 1. The van der Waals surface area contributed by atoms with Gasteiger partial charge in [-0.15, -0.1) is 0 Å². The van der Waals surface area contributed by atoms with Gasteiger partial charge in [0, 0.05) is 6.42 Å². The second kappa shape index (κ2) is 3.80. The second-order valence-corrected chi connectivity index (χ2v) is 3.56. The molecule has 0 aromatic heterocycles. The molecule has 3 nitrogen and oxygen atoms in total. The van der Waals surface area contributed by atoms with Crippen molar-refractivity contribution in [2.45, 2.75) is 25.0 Å². The van der Waals surface area contributed by atoms with Crippen molar-refractivity contribution in [3.05, 3.63) is 35.9 Å². The van der Waals surface area contributed by atoms with E-state index in [9.17, 15) is 9.90 Å². The number of benzene rings is 1. The molecule has 1 aromatic carbocycles. The molecule has 2 N–H and O–H groups in total. The molecular weight excluding hydrogens is 178 g/mol. The fourth-order valence-electron chi connectivity index (χ4n) is 1.75. The van der Waals surface area contributed by atoms with Crippen LogP contribution in [-0.4, -0.2) is 17.1 Å². The number of aliphatic hydroxyl groups is 1. The molecule has 0 spiro atoms. The Hall–Kier alpha value is -1.35. The lowest BCUT2D eigenvalue weighted by atomic mass is 9.94. The molecule has 74 valence electrons. The van der Waals surface area contributed by atoms with Crippen LogP contribution in [-0.2, 0) is 4.79 Å². The quantitative estimate of drug-likeness (QED) is 0.695. The van der Waals surface area contributed by atoms with Crippen LogP contribution in [0.1, 0.15) is 24.4 Å². The van der Waals surface area contributed by atoms with Crippen molar-refractivity contribution in [3.8, 4) is 0 Å². The summed E-state index contributed by atoms with van der Waals surface area (Å²) in [6, 6.07) is 9.32. The molecule has 3 heteroatoms. The van der Waals surface area contributed by atoms with Crippen LogP contribution in [0.2, 0.25) is 0 Å². The highest BCUT2D eigenvalue weighted by Crippen LogP contribution is 2.23. The first-order chi connectivity index (χ1) is 6.77. The Morgan fingerprint density at radius 3 is 2.71 bits per heavy atom. The molecule has 0 radical (unpaired) electrons. The van der Waals surface area contributed by atoms with E-state index in [0.29, 0.717) is 12.8 Å². The molecule has 1 aromatic rings. The maximum atomic E-state index is 11.2. The summed E-state index contributed by atoms with van der Waals surface area (Å²) in [7, 11) is 0. The summed E-state index contributed by atoms with van der Waals surface area (Å²) in [6.45, 7) is 0. The van der Waals surface area contributed by atoms with E-state index in [4.69, 9.17) is 0 Å². The summed E-state index contributed by atoms with van der Waals surface area (Å²) < 4.78 is 0. The van der Waals surface area contributed by atoms with E-state index >= 15 is 0 Å². The standard InChI is InChI=1S/C11H13NO2/c13-9-6-7-10(14)12-11(9)8-4-2-1-3-5-8/h1-5,9,11,13H,6-7H2,(H,12,14)/t9?,11-/m0/s1. The van der Waals surface area contributed by atoms with Crippen LogP contribution in [0, 0.1) is 0 Å². The molecule has 2 atom stereocenters. The van der Waals surface area contributed by atoms with E-state index < -0.39 is 6.10 Å². The Bertz CT molecular complexity index is 323. The molecule has 0 aliphatic carbocycles. The zero-order valence-electron chi connectivity index (χ0n) is 7.81. The van der Waals surface area contributed by atoms with Gasteiger partial charge in [0.1, 0.15) is 0 Å².